The smallest absolute Gasteiger partial charge is 0.348 e. The quantitative estimate of drug-likeness (QED) is 0.0344. The van der Waals surface area contributed by atoms with E-state index < -0.39 is 35.2 Å². The predicted octanol–water partition coefficient (Wildman–Crippen LogP) is 7.33. The summed E-state index contributed by atoms with van der Waals surface area (Å²) in [4.78, 5) is 88.1. The number of phenolic OH excluding ortho intramolecular Hbond substituents is 2. The van der Waals surface area contributed by atoms with Crippen molar-refractivity contribution in [2.75, 3.05) is 44.2 Å². The monoisotopic (exact) mass is 1030 g/mol. The van der Waals surface area contributed by atoms with Crippen LogP contribution in [0, 0.1) is 23.7 Å². The number of aromatic amines is 1. The van der Waals surface area contributed by atoms with Gasteiger partial charge in [0.15, 0.2) is 17.4 Å². The Balaban J connectivity index is 1.00. The Morgan fingerprint density at radius 3 is 1.92 bits per heavy atom. The van der Waals surface area contributed by atoms with Crippen molar-refractivity contribution in [1.29, 1.82) is 0 Å². The number of piperazine rings is 1. The fourth-order valence-electron chi connectivity index (χ4n) is 10.1. The van der Waals surface area contributed by atoms with E-state index in [1.54, 1.807) is 13.0 Å². The van der Waals surface area contributed by atoms with Crippen LogP contribution in [0.5, 0.6) is 11.5 Å². The number of amides is 2. The zero-order valence-corrected chi connectivity index (χ0v) is 44.5. The minimum atomic E-state index is -0.931. The van der Waals surface area contributed by atoms with Gasteiger partial charge >= 0.3 is 5.69 Å². The average molecular weight is 1030 g/mol. The first-order chi connectivity index (χ1) is 35.8. The molecular weight excluding hydrogens is 951 g/mol. The van der Waals surface area contributed by atoms with E-state index in [0.717, 1.165) is 16.8 Å². The molecule has 0 bridgehead atoms. The molecule has 2 fully saturated rings. The van der Waals surface area contributed by atoms with Gasteiger partial charge in [0.1, 0.15) is 22.9 Å². The Morgan fingerprint density at radius 1 is 0.720 bits per heavy atom. The van der Waals surface area contributed by atoms with Gasteiger partial charge in [-0.05, 0) is 104 Å². The molecule has 4 aromatic carbocycles. The lowest BCUT2D eigenvalue weighted by Gasteiger charge is -2.36. The third-order valence-electron chi connectivity index (χ3n) is 14.4. The Hall–Kier alpha value is -6.91. The summed E-state index contributed by atoms with van der Waals surface area (Å²) in [6, 6.07) is 28.0. The highest BCUT2D eigenvalue weighted by molar-refractivity contribution is 5.98. The number of rotatable bonds is 26. The summed E-state index contributed by atoms with van der Waals surface area (Å²) in [7, 11) is 0. The number of nitrogens with one attached hydrogen (secondary N) is 3. The van der Waals surface area contributed by atoms with E-state index in [9.17, 15) is 39.0 Å². The molecule has 0 saturated carbocycles. The number of aromatic hydroxyl groups is 2. The first-order valence-corrected chi connectivity index (χ1v) is 26.5. The highest BCUT2D eigenvalue weighted by atomic mass is 16.6. The lowest BCUT2D eigenvalue weighted by molar-refractivity contribution is -0.135. The van der Waals surface area contributed by atoms with Crippen LogP contribution in [0.3, 0.4) is 0 Å². The van der Waals surface area contributed by atoms with Crippen molar-refractivity contribution in [2.24, 2.45) is 23.7 Å². The molecule has 5 N–H and O–H groups in total. The number of anilines is 1. The molecule has 5 atom stereocenters. The van der Waals surface area contributed by atoms with Crippen molar-refractivity contribution in [2.45, 2.75) is 117 Å². The van der Waals surface area contributed by atoms with Gasteiger partial charge in [-0.2, -0.15) is 5.10 Å². The third-order valence-corrected chi connectivity index (χ3v) is 14.4. The molecule has 0 unspecified atom stereocenters. The van der Waals surface area contributed by atoms with Crippen molar-refractivity contribution in [3.63, 3.8) is 0 Å². The summed E-state index contributed by atoms with van der Waals surface area (Å²) in [5, 5.41) is 33.9. The lowest BCUT2D eigenvalue weighted by Crippen LogP contribution is -2.51. The number of ketones is 3. The summed E-state index contributed by atoms with van der Waals surface area (Å²) < 4.78 is 6.85. The van der Waals surface area contributed by atoms with Crippen LogP contribution >= 0.6 is 0 Å². The Kier molecular flexibility index (Phi) is 18.7. The number of H-pyrrole nitrogens is 1. The number of aromatic nitrogens is 3. The normalized spacial score (nSPS) is 17.4. The predicted molar refractivity (Wildman–Crippen MR) is 289 cm³/mol. The number of hydrogen-bond acceptors (Lipinski definition) is 12. The fraction of sp³-hybridized carbons (Fsp3) is 0.475. The first-order valence-electron chi connectivity index (χ1n) is 26.5. The maximum Gasteiger partial charge on any atom is 0.348 e. The molecule has 16 nitrogen and oxygen atoms in total. The zero-order chi connectivity index (χ0) is 54.0. The number of Topliss-reactive ketones (excluding diaryl/α,β-unsaturated/α-hetero) is 3. The minimum absolute atomic E-state index is 0.0401. The Bertz CT molecular complexity index is 2810. The molecule has 2 amide bonds. The Labute approximate surface area is 440 Å². The molecular formula is C59H75N7O9. The number of carbonyl (C=O) groups is 5. The van der Waals surface area contributed by atoms with E-state index in [1.165, 1.54) is 10.6 Å². The lowest BCUT2D eigenvalue weighted by atomic mass is 9.82. The number of epoxide rings is 1. The van der Waals surface area contributed by atoms with Crippen LogP contribution in [0.25, 0.3) is 17.1 Å². The molecule has 0 spiro atoms. The van der Waals surface area contributed by atoms with Crippen molar-refractivity contribution < 1.29 is 38.9 Å². The number of aryl methyl sites for hydroxylation is 1. The molecule has 3 heterocycles. The number of ether oxygens (including phenoxy) is 1. The van der Waals surface area contributed by atoms with E-state index in [-0.39, 0.29) is 90.0 Å². The van der Waals surface area contributed by atoms with Gasteiger partial charge in [-0.1, -0.05) is 102 Å². The molecule has 0 radical (unpaired) electrons. The number of carbonyl (C=O) groups excluding carboxylic acids is 5. The molecule has 75 heavy (non-hydrogen) atoms. The second kappa shape index (κ2) is 25.1. The molecule has 2 aliphatic rings. The van der Waals surface area contributed by atoms with Crippen molar-refractivity contribution >= 4 is 34.9 Å². The molecule has 7 rings (SSSR count). The average Bonchev–Trinajstić information content (AvgIpc) is 4.02. The van der Waals surface area contributed by atoms with Gasteiger partial charge in [-0.3, -0.25) is 28.9 Å². The van der Waals surface area contributed by atoms with Crippen molar-refractivity contribution in [1.82, 2.24) is 30.3 Å². The molecule has 400 valence electrons. The van der Waals surface area contributed by atoms with Crippen LogP contribution in [0.1, 0.15) is 103 Å². The molecule has 2 aliphatic heterocycles. The maximum atomic E-state index is 14.6. The van der Waals surface area contributed by atoms with Crippen LogP contribution in [0.4, 0.5) is 5.69 Å². The summed E-state index contributed by atoms with van der Waals surface area (Å²) in [6.45, 7) is 16.3. The molecule has 5 aromatic rings. The van der Waals surface area contributed by atoms with E-state index in [1.807, 2.05) is 131 Å². The van der Waals surface area contributed by atoms with Crippen molar-refractivity contribution in [3.8, 4) is 28.6 Å². The van der Waals surface area contributed by atoms with Gasteiger partial charge in [-0.25, -0.2) is 14.5 Å². The maximum absolute atomic E-state index is 14.6. The van der Waals surface area contributed by atoms with Crippen molar-refractivity contribution in [3.05, 3.63) is 124 Å². The molecule has 0 aliphatic carbocycles. The summed E-state index contributed by atoms with van der Waals surface area (Å²) in [6.07, 6.45) is 1.80. The number of nitrogens with zero attached hydrogens (tertiary/aromatic N) is 4. The van der Waals surface area contributed by atoms with Crippen LogP contribution in [-0.2, 0) is 41.6 Å². The second-order valence-electron chi connectivity index (χ2n) is 21.8. The van der Waals surface area contributed by atoms with Gasteiger partial charge in [0.05, 0.1) is 36.5 Å². The number of phenols is 2. The topological polar surface area (TPSA) is 220 Å². The van der Waals surface area contributed by atoms with Crippen LogP contribution in [0.2, 0.25) is 0 Å². The first kappa shape index (κ1) is 55.8. The van der Waals surface area contributed by atoms with Crippen LogP contribution in [0.15, 0.2) is 102 Å². The van der Waals surface area contributed by atoms with E-state index in [4.69, 9.17) is 4.74 Å². The molecule has 2 saturated heterocycles. The third kappa shape index (κ3) is 14.9. The van der Waals surface area contributed by atoms with E-state index >= 15 is 0 Å². The summed E-state index contributed by atoms with van der Waals surface area (Å²) in [5.74, 6) is -2.67. The summed E-state index contributed by atoms with van der Waals surface area (Å²) >= 11 is 0. The van der Waals surface area contributed by atoms with Gasteiger partial charge < -0.3 is 30.5 Å². The second-order valence-corrected chi connectivity index (χ2v) is 21.8. The van der Waals surface area contributed by atoms with E-state index in [0.29, 0.717) is 75.3 Å². The van der Waals surface area contributed by atoms with Gasteiger partial charge in [-0.15, -0.1) is 0 Å². The Morgan fingerprint density at radius 2 is 1.32 bits per heavy atom. The molecule has 1 aromatic heterocycles. The van der Waals surface area contributed by atoms with Crippen LogP contribution in [-0.4, -0.2) is 116 Å². The number of benzene rings is 4. The van der Waals surface area contributed by atoms with E-state index in [2.05, 4.69) is 25.7 Å². The largest absolute Gasteiger partial charge is 0.508 e. The standard InChI is InChI=1S/C59H75N7O9/c1-37(2)28-42(50(67)32-43(30-41-16-12-9-13-17-41)57(73)61-49(29-38(3)4)55(72)59(7)36-75-59)31-53(70)48(23-18-40-14-10-8-11-15-40)60-54(71)35-64-24-26-65(27-25-64)44-19-21-45(22-20-44)66-56(62-63-58(66)74)47-33-46(39(5)6)51(68)34-52(47)69/h8-17,19-22,33-34,37-39,42-43,48-49,68-69H,18,23-32,35-36H2,1-7H3,(H,60,71)(H,61,73)(H,63,74)/t42-,43-,48+,49+,59-/m1/s1. The fourth-order valence-corrected chi connectivity index (χ4v) is 10.1. The molecule has 16 heteroatoms. The van der Waals surface area contributed by atoms with Gasteiger partial charge in [0.2, 0.25) is 11.8 Å². The zero-order valence-electron chi connectivity index (χ0n) is 44.5. The SMILES string of the molecule is CC(C)C[C@H](CC(=O)[C@H](CCc1ccccc1)NC(=O)CN1CCN(c2ccc(-n3c(-c4cc(C(C)C)c(O)cc4O)n[nH]c3=O)cc2)CC1)C(=O)C[C@@H](Cc1ccccc1)C(=O)N[C@@H](CC(C)C)C(=O)[C@@]1(C)CO1. The van der Waals surface area contributed by atoms with Crippen LogP contribution < -0.4 is 21.2 Å². The number of hydrogen-bond donors (Lipinski definition) is 5. The van der Waals surface area contributed by atoms with Gasteiger partial charge in [0.25, 0.3) is 0 Å². The highest BCUT2D eigenvalue weighted by Crippen LogP contribution is 2.38. The van der Waals surface area contributed by atoms with Gasteiger partial charge in [0, 0.05) is 62.6 Å². The summed E-state index contributed by atoms with van der Waals surface area (Å²) in [5.41, 5.74) is 2.84. The minimum Gasteiger partial charge on any atom is -0.508 e. The highest BCUT2D eigenvalue weighted by Gasteiger charge is 2.50.